The molecule has 0 saturated carbocycles. The van der Waals surface area contributed by atoms with Crippen LogP contribution >= 0.6 is 12.4 Å². The number of nitrogens with one attached hydrogen (secondary N) is 1. The van der Waals surface area contributed by atoms with Crippen molar-refractivity contribution in [2.75, 3.05) is 19.6 Å². The molecule has 4 nitrogen and oxygen atoms in total. The number of nitrogens with zero attached hydrogens (tertiary/aromatic N) is 1. The first-order valence-electron chi connectivity index (χ1n) is 7.14. The molecule has 2 rings (SSSR count). The van der Waals surface area contributed by atoms with E-state index in [4.69, 9.17) is 0 Å². The van der Waals surface area contributed by atoms with Crippen LogP contribution in [0, 0.1) is 11.6 Å². The molecule has 1 aromatic rings. The number of hydrogen-bond acceptors (Lipinski definition) is 3. The zero-order valence-corrected chi connectivity index (χ0v) is 14.0. The molecule has 1 aromatic carbocycles. The van der Waals surface area contributed by atoms with Crippen LogP contribution < -0.4 is 5.32 Å². The average molecular weight is 355 g/mol. The highest BCUT2D eigenvalue weighted by Crippen LogP contribution is 2.24. The van der Waals surface area contributed by atoms with Crippen LogP contribution in [0.1, 0.15) is 26.2 Å². The molecule has 0 amide bonds. The molecule has 1 saturated heterocycles. The van der Waals surface area contributed by atoms with E-state index in [9.17, 15) is 17.2 Å². The van der Waals surface area contributed by atoms with Crippen molar-refractivity contribution in [3.8, 4) is 0 Å². The largest absolute Gasteiger partial charge is 0.317 e. The molecule has 1 aliphatic heterocycles. The van der Waals surface area contributed by atoms with Gasteiger partial charge in [0.25, 0.3) is 0 Å². The van der Waals surface area contributed by atoms with Crippen LogP contribution in [-0.4, -0.2) is 38.4 Å². The summed E-state index contributed by atoms with van der Waals surface area (Å²) in [6.45, 7) is 3.73. The lowest BCUT2D eigenvalue weighted by Crippen LogP contribution is -2.46. The van der Waals surface area contributed by atoms with Gasteiger partial charge in [-0.1, -0.05) is 6.92 Å². The number of halogens is 3. The van der Waals surface area contributed by atoms with Gasteiger partial charge in [0.2, 0.25) is 10.0 Å². The number of piperidine rings is 1. The van der Waals surface area contributed by atoms with Crippen molar-refractivity contribution in [1.29, 1.82) is 0 Å². The van der Waals surface area contributed by atoms with Crippen molar-refractivity contribution in [3.05, 3.63) is 29.8 Å². The molecular formula is C14H21ClF2N2O2S. The molecule has 0 aromatic heterocycles. The molecule has 0 aliphatic carbocycles. The number of rotatable bonds is 5. The van der Waals surface area contributed by atoms with Crippen molar-refractivity contribution in [1.82, 2.24) is 9.62 Å². The molecular weight excluding hydrogens is 334 g/mol. The van der Waals surface area contributed by atoms with E-state index in [1.807, 2.05) is 6.92 Å². The zero-order valence-electron chi connectivity index (χ0n) is 12.4. The van der Waals surface area contributed by atoms with Crippen molar-refractivity contribution in [2.24, 2.45) is 0 Å². The Morgan fingerprint density at radius 1 is 1.18 bits per heavy atom. The molecule has 8 heteroatoms. The average Bonchev–Trinajstić information content (AvgIpc) is 2.44. The zero-order chi connectivity index (χ0) is 15.5. The normalized spacial score (nSPS) is 16.5. The highest BCUT2D eigenvalue weighted by molar-refractivity contribution is 7.89. The van der Waals surface area contributed by atoms with Crippen molar-refractivity contribution in [2.45, 2.75) is 37.1 Å². The molecule has 0 unspecified atom stereocenters. The minimum Gasteiger partial charge on any atom is -0.317 e. The fraction of sp³-hybridized carbons (Fsp3) is 0.571. The molecule has 0 atom stereocenters. The molecule has 126 valence electrons. The van der Waals surface area contributed by atoms with Crippen molar-refractivity contribution in [3.63, 3.8) is 0 Å². The maximum absolute atomic E-state index is 13.3. The highest BCUT2D eigenvalue weighted by atomic mass is 35.5. The smallest absolute Gasteiger partial charge is 0.243 e. The molecule has 1 N–H and O–H groups in total. The van der Waals surface area contributed by atoms with E-state index in [0.29, 0.717) is 31.9 Å². The Bertz CT molecular complexity index is 572. The summed E-state index contributed by atoms with van der Waals surface area (Å²) in [6.07, 6.45) is 2.06. The quantitative estimate of drug-likeness (QED) is 0.884. The van der Waals surface area contributed by atoms with Crippen LogP contribution in [0.15, 0.2) is 23.1 Å². The van der Waals surface area contributed by atoms with Gasteiger partial charge in [-0.15, -0.1) is 12.4 Å². The first-order chi connectivity index (χ1) is 9.95. The predicted octanol–water partition coefficient (Wildman–Crippen LogP) is 2.54. The van der Waals surface area contributed by atoms with E-state index in [-0.39, 0.29) is 23.3 Å². The Morgan fingerprint density at radius 2 is 1.73 bits per heavy atom. The number of sulfonamides is 1. The van der Waals surface area contributed by atoms with E-state index >= 15 is 0 Å². The second-order valence-electron chi connectivity index (χ2n) is 5.20. The highest BCUT2D eigenvalue weighted by Gasteiger charge is 2.32. The van der Waals surface area contributed by atoms with E-state index in [0.717, 1.165) is 25.2 Å². The van der Waals surface area contributed by atoms with Gasteiger partial charge in [0, 0.05) is 18.7 Å². The standard InChI is InChI=1S/C14H20F2N2O2S.ClH/c1-2-7-18(13-3-5-17-6-4-13)21(19,20)14-9-11(15)8-12(16)10-14;/h8-10,13,17H,2-7H2,1H3;1H. The lowest BCUT2D eigenvalue weighted by Gasteiger charge is -2.33. The fourth-order valence-corrected chi connectivity index (χ4v) is 4.45. The Morgan fingerprint density at radius 3 is 2.23 bits per heavy atom. The summed E-state index contributed by atoms with van der Waals surface area (Å²) >= 11 is 0. The predicted molar refractivity (Wildman–Crippen MR) is 83.7 cm³/mol. The lowest BCUT2D eigenvalue weighted by molar-refractivity contribution is 0.262. The Hall–Kier alpha value is -0.760. The summed E-state index contributed by atoms with van der Waals surface area (Å²) in [6, 6.07) is 2.31. The third kappa shape index (κ3) is 4.38. The van der Waals surface area contributed by atoms with Gasteiger partial charge in [-0.05, 0) is 44.5 Å². The topological polar surface area (TPSA) is 49.4 Å². The van der Waals surface area contributed by atoms with Gasteiger partial charge < -0.3 is 5.32 Å². The molecule has 0 bridgehead atoms. The Kier molecular flexibility index (Phi) is 7.18. The Balaban J connectivity index is 0.00000242. The molecule has 1 aliphatic rings. The van der Waals surface area contributed by atoms with Gasteiger partial charge >= 0.3 is 0 Å². The van der Waals surface area contributed by atoms with Gasteiger partial charge in [0.05, 0.1) is 4.90 Å². The van der Waals surface area contributed by atoms with Crippen LogP contribution in [-0.2, 0) is 10.0 Å². The van der Waals surface area contributed by atoms with E-state index in [1.165, 1.54) is 4.31 Å². The molecule has 1 heterocycles. The van der Waals surface area contributed by atoms with Crippen LogP contribution in [0.4, 0.5) is 8.78 Å². The molecule has 1 fully saturated rings. The van der Waals surface area contributed by atoms with Gasteiger partial charge in [-0.2, -0.15) is 4.31 Å². The minimum atomic E-state index is -3.88. The SMILES string of the molecule is CCCN(C1CCNCC1)S(=O)(=O)c1cc(F)cc(F)c1.Cl. The number of hydrogen-bond donors (Lipinski definition) is 1. The Labute approximate surface area is 136 Å². The summed E-state index contributed by atoms with van der Waals surface area (Å²) in [5, 5.41) is 3.18. The van der Waals surface area contributed by atoms with E-state index < -0.39 is 21.7 Å². The first kappa shape index (κ1) is 19.3. The fourth-order valence-electron chi connectivity index (χ4n) is 2.63. The van der Waals surface area contributed by atoms with Gasteiger partial charge in [-0.25, -0.2) is 17.2 Å². The summed E-state index contributed by atoms with van der Waals surface area (Å²) in [5.41, 5.74) is 0. The third-order valence-electron chi connectivity index (χ3n) is 3.60. The van der Waals surface area contributed by atoms with Crippen molar-refractivity contribution < 1.29 is 17.2 Å². The van der Waals surface area contributed by atoms with Crippen molar-refractivity contribution >= 4 is 22.4 Å². The number of benzene rings is 1. The first-order valence-corrected chi connectivity index (χ1v) is 8.58. The van der Waals surface area contributed by atoms with Crippen LogP contribution in [0.25, 0.3) is 0 Å². The lowest BCUT2D eigenvalue weighted by atomic mass is 10.1. The van der Waals surface area contributed by atoms with Crippen LogP contribution in [0.3, 0.4) is 0 Å². The molecule has 22 heavy (non-hydrogen) atoms. The van der Waals surface area contributed by atoms with E-state index in [2.05, 4.69) is 5.32 Å². The maximum Gasteiger partial charge on any atom is 0.243 e. The van der Waals surface area contributed by atoms with Crippen LogP contribution in [0.2, 0.25) is 0 Å². The summed E-state index contributed by atoms with van der Waals surface area (Å²) < 4.78 is 53.4. The second kappa shape index (κ2) is 8.19. The van der Waals surface area contributed by atoms with Gasteiger partial charge in [0.15, 0.2) is 0 Å². The summed E-state index contributed by atoms with van der Waals surface area (Å²) in [4.78, 5) is -0.313. The van der Waals surface area contributed by atoms with Gasteiger partial charge in [0.1, 0.15) is 11.6 Å². The van der Waals surface area contributed by atoms with E-state index in [1.54, 1.807) is 0 Å². The third-order valence-corrected chi connectivity index (χ3v) is 5.53. The monoisotopic (exact) mass is 354 g/mol. The minimum absolute atomic E-state index is 0. The summed E-state index contributed by atoms with van der Waals surface area (Å²) in [7, 11) is -3.88. The van der Waals surface area contributed by atoms with Crippen LogP contribution in [0.5, 0.6) is 0 Å². The molecule has 0 spiro atoms. The van der Waals surface area contributed by atoms with Gasteiger partial charge in [-0.3, -0.25) is 0 Å². The second-order valence-corrected chi connectivity index (χ2v) is 7.09. The maximum atomic E-state index is 13.3. The molecule has 0 radical (unpaired) electrons. The summed E-state index contributed by atoms with van der Waals surface area (Å²) in [5.74, 6) is -1.76.